The molecular weight excluding hydrogens is 298 g/mol. The van der Waals surface area contributed by atoms with Crippen molar-refractivity contribution >= 4 is 17.4 Å². The molecule has 0 saturated heterocycles. The van der Waals surface area contributed by atoms with Crippen molar-refractivity contribution < 1.29 is 4.79 Å². The number of hydrogen-bond acceptors (Lipinski definition) is 4. The second-order valence-electron chi connectivity index (χ2n) is 5.42. The third-order valence-corrected chi connectivity index (χ3v) is 4.54. The van der Waals surface area contributed by atoms with Crippen LogP contribution in [0.15, 0.2) is 11.6 Å². The Morgan fingerprint density at radius 3 is 2.59 bits per heavy atom. The molecule has 0 aliphatic carbocycles. The van der Waals surface area contributed by atoms with Gasteiger partial charge in [0.05, 0.1) is 28.5 Å². The Morgan fingerprint density at radius 1 is 1.36 bits per heavy atom. The molecule has 2 atom stereocenters. The summed E-state index contributed by atoms with van der Waals surface area (Å²) in [5.41, 5.74) is 2.85. The number of rotatable bonds is 5. The maximum Gasteiger partial charge on any atom is 0.315 e. The van der Waals surface area contributed by atoms with Crippen molar-refractivity contribution in [2.45, 2.75) is 46.2 Å². The van der Waals surface area contributed by atoms with Crippen LogP contribution in [-0.2, 0) is 13.5 Å². The van der Waals surface area contributed by atoms with Crippen LogP contribution < -0.4 is 10.6 Å². The zero-order valence-electron chi connectivity index (χ0n) is 13.7. The lowest BCUT2D eigenvalue weighted by atomic mass is 10.1. The van der Waals surface area contributed by atoms with Crippen molar-refractivity contribution in [1.29, 1.82) is 0 Å². The molecule has 120 valence electrons. The monoisotopic (exact) mass is 321 g/mol. The van der Waals surface area contributed by atoms with Crippen LogP contribution in [0.1, 0.15) is 54.8 Å². The first-order valence-electron chi connectivity index (χ1n) is 7.42. The van der Waals surface area contributed by atoms with Crippen molar-refractivity contribution in [3.8, 4) is 0 Å². The third kappa shape index (κ3) is 3.85. The number of amides is 2. The molecule has 0 aromatic carbocycles. The number of aryl methyl sites for hydroxylation is 3. The van der Waals surface area contributed by atoms with Gasteiger partial charge in [-0.25, -0.2) is 9.78 Å². The molecule has 0 spiro atoms. The molecule has 2 aromatic heterocycles. The minimum Gasteiger partial charge on any atom is -0.332 e. The van der Waals surface area contributed by atoms with Gasteiger partial charge in [-0.1, -0.05) is 6.92 Å². The molecule has 22 heavy (non-hydrogen) atoms. The first kappa shape index (κ1) is 16.5. The summed E-state index contributed by atoms with van der Waals surface area (Å²) in [5.74, 6) is 0. The van der Waals surface area contributed by atoms with Crippen LogP contribution in [0.5, 0.6) is 0 Å². The number of carbonyl (C=O) groups is 1. The van der Waals surface area contributed by atoms with Crippen LogP contribution in [0.4, 0.5) is 4.79 Å². The standard InChI is InChI=1S/C15H23N5OS/c1-6-14-18-13(8-22-14)11(4)17-15(21)16-9(2)12-7-20(5)19-10(12)3/h7-9,11H,6H2,1-5H3,(H2,16,17,21)/t9-,11-/m0/s1. The van der Waals surface area contributed by atoms with Gasteiger partial charge in [-0.3, -0.25) is 4.68 Å². The highest BCUT2D eigenvalue weighted by molar-refractivity contribution is 7.09. The van der Waals surface area contributed by atoms with Crippen LogP contribution in [0, 0.1) is 6.92 Å². The average Bonchev–Trinajstić information content (AvgIpc) is 3.04. The van der Waals surface area contributed by atoms with Crippen molar-refractivity contribution in [3.05, 3.63) is 33.5 Å². The lowest BCUT2D eigenvalue weighted by Crippen LogP contribution is -2.38. The molecule has 0 unspecified atom stereocenters. The SMILES string of the molecule is CCc1nc([C@H](C)NC(=O)N[C@@H](C)c2cn(C)nc2C)cs1. The van der Waals surface area contributed by atoms with E-state index in [-0.39, 0.29) is 18.1 Å². The highest BCUT2D eigenvalue weighted by Gasteiger charge is 2.17. The molecule has 0 saturated carbocycles. The number of carbonyl (C=O) groups excluding carboxylic acids is 1. The number of nitrogens with zero attached hydrogens (tertiary/aromatic N) is 3. The summed E-state index contributed by atoms with van der Waals surface area (Å²) in [6.07, 6.45) is 2.85. The lowest BCUT2D eigenvalue weighted by molar-refractivity contribution is 0.234. The molecule has 0 fully saturated rings. The predicted octanol–water partition coefficient (Wildman–Crippen LogP) is 2.87. The molecular formula is C15H23N5OS. The quantitative estimate of drug-likeness (QED) is 0.889. The van der Waals surface area contributed by atoms with Gasteiger partial charge in [0.1, 0.15) is 0 Å². The molecule has 0 aliphatic rings. The Kier molecular flexibility index (Phi) is 5.18. The number of nitrogens with one attached hydrogen (secondary N) is 2. The summed E-state index contributed by atoms with van der Waals surface area (Å²) < 4.78 is 1.75. The summed E-state index contributed by atoms with van der Waals surface area (Å²) in [7, 11) is 1.87. The summed E-state index contributed by atoms with van der Waals surface area (Å²) in [5, 5.41) is 13.3. The lowest BCUT2D eigenvalue weighted by Gasteiger charge is -2.17. The highest BCUT2D eigenvalue weighted by Crippen LogP contribution is 2.18. The van der Waals surface area contributed by atoms with Gasteiger partial charge in [-0.2, -0.15) is 5.10 Å². The molecule has 2 amide bonds. The summed E-state index contributed by atoms with van der Waals surface area (Å²) in [4.78, 5) is 16.6. The van der Waals surface area contributed by atoms with Crippen LogP contribution in [-0.4, -0.2) is 20.8 Å². The van der Waals surface area contributed by atoms with E-state index in [2.05, 4.69) is 27.6 Å². The van der Waals surface area contributed by atoms with E-state index >= 15 is 0 Å². The van der Waals surface area contributed by atoms with E-state index in [1.54, 1.807) is 16.0 Å². The maximum atomic E-state index is 12.1. The third-order valence-electron chi connectivity index (χ3n) is 3.53. The Hall–Kier alpha value is -1.89. The Morgan fingerprint density at radius 2 is 2.05 bits per heavy atom. The van der Waals surface area contributed by atoms with Gasteiger partial charge in [-0.15, -0.1) is 11.3 Å². The van der Waals surface area contributed by atoms with E-state index in [0.29, 0.717) is 0 Å². The van der Waals surface area contributed by atoms with E-state index in [1.165, 1.54) is 0 Å². The number of hydrogen-bond donors (Lipinski definition) is 2. The molecule has 0 radical (unpaired) electrons. The van der Waals surface area contributed by atoms with Crippen LogP contribution in [0.2, 0.25) is 0 Å². The van der Waals surface area contributed by atoms with Gasteiger partial charge < -0.3 is 10.6 Å². The smallest absolute Gasteiger partial charge is 0.315 e. The van der Waals surface area contributed by atoms with Crippen LogP contribution in [0.25, 0.3) is 0 Å². The first-order chi connectivity index (χ1) is 10.4. The molecule has 0 aliphatic heterocycles. The van der Waals surface area contributed by atoms with Crippen molar-refractivity contribution in [1.82, 2.24) is 25.4 Å². The predicted molar refractivity (Wildman–Crippen MR) is 87.9 cm³/mol. The Balaban J connectivity index is 1.93. The highest BCUT2D eigenvalue weighted by atomic mass is 32.1. The van der Waals surface area contributed by atoms with E-state index in [4.69, 9.17) is 0 Å². The molecule has 2 aromatic rings. The number of thiazole rings is 1. The molecule has 2 rings (SSSR count). The van der Waals surface area contributed by atoms with E-state index in [1.807, 2.05) is 39.4 Å². The van der Waals surface area contributed by atoms with Crippen LogP contribution >= 0.6 is 11.3 Å². The van der Waals surface area contributed by atoms with Gasteiger partial charge in [0, 0.05) is 24.2 Å². The van der Waals surface area contributed by atoms with Gasteiger partial charge in [0.25, 0.3) is 0 Å². The normalized spacial score (nSPS) is 13.7. The second kappa shape index (κ2) is 6.91. The summed E-state index contributed by atoms with van der Waals surface area (Å²) >= 11 is 1.63. The Bertz CT molecular complexity index is 648. The Labute approximate surface area is 135 Å². The fraction of sp³-hybridized carbons (Fsp3) is 0.533. The largest absolute Gasteiger partial charge is 0.332 e. The van der Waals surface area contributed by atoms with Crippen molar-refractivity contribution in [2.24, 2.45) is 7.05 Å². The number of urea groups is 1. The van der Waals surface area contributed by atoms with Crippen molar-refractivity contribution in [3.63, 3.8) is 0 Å². The first-order valence-corrected chi connectivity index (χ1v) is 8.30. The minimum absolute atomic E-state index is 0.0949. The van der Waals surface area contributed by atoms with Gasteiger partial charge >= 0.3 is 6.03 Å². The van der Waals surface area contributed by atoms with E-state index in [9.17, 15) is 4.79 Å². The van der Waals surface area contributed by atoms with Gasteiger partial charge in [0.15, 0.2) is 0 Å². The zero-order chi connectivity index (χ0) is 16.3. The van der Waals surface area contributed by atoms with E-state index < -0.39 is 0 Å². The molecule has 2 N–H and O–H groups in total. The van der Waals surface area contributed by atoms with Crippen molar-refractivity contribution in [2.75, 3.05) is 0 Å². The molecule has 7 heteroatoms. The minimum atomic E-state index is -0.200. The topological polar surface area (TPSA) is 71.8 Å². The maximum absolute atomic E-state index is 12.1. The molecule has 2 heterocycles. The number of aromatic nitrogens is 3. The van der Waals surface area contributed by atoms with E-state index in [0.717, 1.165) is 28.4 Å². The average molecular weight is 321 g/mol. The van der Waals surface area contributed by atoms with Gasteiger partial charge in [-0.05, 0) is 27.2 Å². The van der Waals surface area contributed by atoms with Crippen LogP contribution in [0.3, 0.4) is 0 Å². The fourth-order valence-electron chi connectivity index (χ4n) is 2.32. The van der Waals surface area contributed by atoms with Gasteiger partial charge in [0.2, 0.25) is 0 Å². The second-order valence-corrected chi connectivity index (χ2v) is 6.37. The molecule has 6 nitrogen and oxygen atoms in total. The summed E-state index contributed by atoms with van der Waals surface area (Å²) in [6, 6.07) is -0.407. The molecule has 0 bridgehead atoms. The fourth-order valence-corrected chi connectivity index (χ4v) is 3.15. The zero-order valence-corrected chi connectivity index (χ0v) is 14.5. The summed E-state index contributed by atoms with van der Waals surface area (Å²) in [6.45, 7) is 7.90.